The van der Waals surface area contributed by atoms with Gasteiger partial charge in [0.15, 0.2) is 10.4 Å². The fourth-order valence-electron chi connectivity index (χ4n) is 1.25. The zero-order chi connectivity index (χ0) is 13.1. The minimum Gasteiger partial charge on any atom is -0.444 e. The van der Waals surface area contributed by atoms with Gasteiger partial charge in [-0.2, -0.15) is 0 Å². The Hall–Kier alpha value is -1.89. The van der Waals surface area contributed by atoms with Crippen molar-refractivity contribution in [2.45, 2.75) is 0 Å². The van der Waals surface area contributed by atoms with Crippen LogP contribution in [0.4, 0.5) is 11.6 Å². The Morgan fingerprint density at radius 1 is 1.33 bits per heavy atom. The first-order valence-electron chi connectivity index (χ1n) is 5.12. The number of amides is 1. The zero-order valence-electron chi connectivity index (χ0n) is 9.85. The highest BCUT2D eigenvalue weighted by molar-refractivity contribution is 9.10. The fraction of sp³-hybridized carbons (Fsp3) is 0.182. The molecule has 1 N–H and O–H groups in total. The van der Waals surface area contributed by atoms with E-state index >= 15 is 0 Å². The van der Waals surface area contributed by atoms with Crippen LogP contribution in [0.3, 0.4) is 0 Å². The topological polar surface area (TPSA) is 71.3 Å². The van der Waals surface area contributed by atoms with Crippen molar-refractivity contribution in [1.82, 2.24) is 9.97 Å². The third kappa shape index (κ3) is 2.86. The molecule has 0 aliphatic rings. The number of carbonyl (C=O) groups is 1. The van der Waals surface area contributed by atoms with E-state index in [4.69, 9.17) is 4.42 Å². The van der Waals surface area contributed by atoms with Crippen molar-refractivity contribution in [3.05, 3.63) is 35.0 Å². The van der Waals surface area contributed by atoms with Crippen molar-refractivity contribution >= 4 is 33.5 Å². The number of carbonyl (C=O) groups excluding carboxylic acids is 1. The van der Waals surface area contributed by atoms with Gasteiger partial charge in [0.25, 0.3) is 5.91 Å². The van der Waals surface area contributed by atoms with Crippen LogP contribution < -0.4 is 10.2 Å². The molecule has 0 spiro atoms. The van der Waals surface area contributed by atoms with Crippen LogP contribution in [0.25, 0.3) is 0 Å². The molecule has 0 fully saturated rings. The second kappa shape index (κ2) is 5.18. The molecule has 0 unspecified atom stereocenters. The molecule has 0 atom stereocenters. The summed E-state index contributed by atoms with van der Waals surface area (Å²) in [5.74, 6) is 0.453. The predicted molar refractivity (Wildman–Crippen MR) is 70.7 cm³/mol. The molecule has 0 radical (unpaired) electrons. The molecule has 94 valence electrons. The number of rotatable bonds is 3. The standard InChI is InChI=1S/C11H11BrN4O2/c1-16(2)11-13-5-7(6-14-11)15-10(17)8-3-4-9(12)18-8/h3-6H,1-2H3,(H,15,17). The molecule has 2 rings (SSSR count). The lowest BCUT2D eigenvalue weighted by molar-refractivity contribution is 0.0995. The van der Waals surface area contributed by atoms with Crippen molar-refractivity contribution in [2.24, 2.45) is 0 Å². The van der Waals surface area contributed by atoms with E-state index in [1.807, 2.05) is 14.1 Å². The maximum Gasteiger partial charge on any atom is 0.291 e. The summed E-state index contributed by atoms with van der Waals surface area (Å²) in [5, 5.41) is 2.64. The monoisotopic (exact) mass is 310 g/mol. The van der Waals surface area contributed by atoms with Gasteiger partial charge in [-0.15, -0.1) is 0 Å². The maximum absolute atomic E-state index is 11.8. The van der Waals surface area contributed by atoms with Gasteiger partial charge in [0.05, 0.1) is 18.1 Å². The van der Waals surface area contributed by atoms with Crippen molar-refractivity contribution in [2.75, 3.05) is 24.3 Å². The van der Waals surface area contributed by atoms with Crippen LogP contribution in [0.2, 0.25) is 0 Å². The smallest absolute Gasteiger partial charge is 0.291 e. The Morgan fingerprint density at radius 2 is 2.00 bits per heavy atom. The molecule has 2 aromatic heterocycles. The van der Waals surface area contributed by atoms with E-state index < -0.39 is 0 Å². The molecule has 2 aromatic rings. The molecule has 0 saturated heterocycles. The largest absolute Gasteiger partial charge is 0.444 e. The summed E-state index contributed by atoms with van der Waals surface area (Å²) in [5.41, 5.74) is 0.512. The first-order chi connectivity index (χ1) is 8.56. The molecule has 1 amide bonds. The summed E-state index contributed by atoms with van der Waals surface area (Å²) in [7, 11) is 3.68. The molecule has 0 saturated carbocycles. The van der Waals surface area contributed by atoms with E-state index in [9.17, 15) is 4.79 Å². The average molecular weight is 311 g/mol. The number of hydrogen-bond acceptors (Lipinski definition) is 5. The summed E-state index contributed by atoms with van der Waals surface area (Å²) in [6.07, 6.45) is 3.08. The van der Waals surface area contributed by atoms with Crippen LogP contribution in [-0.4, -0.2) is 30.0 Å². The third-order valence-corrected chi connectivity index (χ3v) is 2.52. The Labute approximate surface area is 112 Å². The van der Waals surface area contributed by atoms with Crippen LogP contribution >= 0.6 is 15.9 Å². The second-order valence-electron chi connectivity index (χ2n) is 3.72. The fourth-order valence-corrected chi connectivity index (χ4v) is 1.55. The van der Waals surface area contributed by atoms with Gasteiger partial charge >= 0.3 is 0 Å². The van der Waals surface area contributed by atoms with Crippen LogP contribution in [-0.2, 0) is 0 Å². The van der Waals surface area contributed by atoms with Gasteiger partial charge in [0.2, 0.25) is 5.95 Å². The number of halogens is 1. The lowest BCUT2D eigenvalue weighted by atomic mass is 10.4. The molecule has 6 nitrogen and oxygen atoms in total. The van der Waals surface area contributed by atoms with Crippen molar-refractivity contribution < 1.29 is 9.21 Å². The highest BCUT2D eigenvalue weighted by Crippen LogP contribution is 2.15. The number of anilines is 2. The van der Waals surface area contributed by atoms with Crippen molar-refractivity contribution in [1.29, 1.82) is 0 Å². The molecule has 0 bridgehead atoms. The molecule has 0 aliphatic heterocycles. The molecular formula is C11H11BrN4O2. The second-order valence-corrected chi connectivity index (χ2v) is 4.51. The minimum absolute atomic E-state index is 0.221. The highest BCUT2D eigenvalue weighted by Gasteiger charge is 2.11. The number of hydrogen-bond donors (Lipinski definition) is 1. The molecule has 18 heavy (non-hydrogen) atoms. The van der Waals surface area contributed by atoms with E-state index in [-0.39, 0.29) is 11.7 Å². The van der Waals surface area contributed by atoms with E-state index in [0.29, 0.717) is 16.3 Å². The SMILES string of the molecule is CN(C)c1ncc(NC(=O)c2ccc(Br)o2)cn1. The number of nitrogens with one attached hydrogen (secondary N) is 1. The van der Waals surface area contributed by atoms with Gasteiger partial charge in [0, 0.05) is 14.1 Å². The van der Waals surface area contributed by atoms with Gasteiger partial charge < -0.3 is 14.6 Å². The lowest BCUT2D eigenvalue weighted by Crippen LogP contribution is -2.14. The van der Waals surface area contributed by atoms with Crippen LogP contribution in [0.15, 0.2) is 33.6 Å². The van der Waals surface area contributed by atoms with Gasteiger partial charge in [-0.1, -0.05) is 0 Å². The highest BCUT2D eigenvalue weighted by atomic mass is 79.9. The molecular weight excluding hydrogens is 300 g/mol. The van der Waals surface area contributed by atoms with Crippen LogP contribution in [0.1, 0.15) is 10.6 Å². The summed E-state index contributed by atoms with van der Waals surface area (Å²) >= 11 is 3.13. The number of furan rings is 1. The first-order valence-corrected chi connectivity index (χ1v) is 5.91. The summed E-state index contributed by atoms with van der Waals surface area (Å²) in [4.78, 5) is 21.7. The zero-order valence-corrected chi connectivity index (χ0v) is 11.4. The first kappa shape index (κ1) is 12.6. The Kier molecular flexibility index (Phi) is 3.61. The molecule has 2 heterocycles. The van der Waals surface area contributed by atoms with E-state index in [1.54, 1.807) is 17.0 Å². The van der Waals surface area contributed by atoms with Crippen LogP contribution in [0, 0.1) is 0 Å². The summed E-state index contributed by atoms with van der Waals surface area (Å²) < 4.78 is 5.64. The third-order valence-electron chi connectivity index (χ3n) is 2.09. The van der Waals surface area contributed by atoms with E-state index in [2.05, 4.69) is 31.2 Å². The Balaban J connectivity index is 2.07. The number of nitrogens with zero attached hydrogens (tertiary/aromatic N) is 3. The molecule has 0 aliphatic carbocycles. The van der Waals surface area contributed by atoms with Crippen molar-refractivity contribution in [3.8, 4) is 0 Å². The number of aromatic nitrogens is 2. The summed E-state index contributed by atoms with van der Waals surface area (Å²) in [6.45, 7) is 0. The maximum atomic E-state index is 11.8. The van der Waals surface area contributed by atoms with Gasteiger partial charge in [-0.3, -0.25) is 4.79 Å². The average Bonchev–Trinajstić information content (AvgIpc) is 2.76. The minimum atomic E-state index is -0.345. The van der Waals surface area contributed by atoms with Crippen molar-refractivity contribution in [3.63, 3.8) is 0 Å². The summed E-state index contributed by atoms with van der Waals surface area (Å²) in [6, 6.07) is 3.23. The van der Waals surface area contributed by atoms with Gasteiger partial charge in [-0.25, -0.2) is 9.97 Å². The lowest BCUT2D eigenvalue weighted by Gasteiger charge is -2.09. The van der Waals surface area contributed by atoms with Gasteiger partial charge in [0.1, 0.15) is 0 Å². The normalized spacial score (nSPS) is 10.2. The Bertz CT molecular complexity index is 550. The predicted octanol–water partition coefficient (Wildman–Crippen LogP) is 2.15. The van der Waals surface area contributed by atoms with E-state index in [0.717, 1.165) is 0 Å². The Morgan fingerprint density at radius 3 is 2.50 bits per heavy atom. The van der Waals surface area contributed by atoms with Gasteiger partial charge in [-0.05, 0) is 28.1 Å². The molecule has 0 aromatic carbocycles. The van der Waals surface area contributed by atoms with Crippen LogP contribution in [0.5, 0.6) is 0 Å². The van der Waals surface area contributed by atoms with E-state index in [1.165, 1.54) is 12.4 Å². The molecule has 7 heteroatoms. The quantitative estimate of drug-likeness (QED) is 0.940.